The molecule has 0 radical (unpaired) electrons. The van der Waals surface area contributed by atoms with Crippen LogP contribution >= 0.6 is 0 Å². The van der Waals surface area contributed by atoms with Crippen LogP contribution in [0.4, 0.5) is 20.4 Å². The second-order valence-electron chi connectivity index (χ2n) is 4.22. The fourth-order valence-corrected chi connectivity index (χ4v) is 1.58. The van der Waals surface area contributed by atoms with Crippen LogP contribution in [0.2, 0.25) is 0 Å². The van der Waals surface area contributed by atoms with Crippen LogP contribution < -0.4 is 5.32 Å². The molecule has 7 nitrogen and oxygen atoms in total. The standard InChI is InChI=1S/C12H9F2N3O4/c1-5-6(2)16-21-12(5)15-11(18)8-3-7(13)4-9(10(8)14)17(19)20/h3-4H,1-2H3,(H,15,18). The first-order chi connectivity index (χ1) is 9.81. The Bertz CT molecular complexity index is 742. The first kappa shape index (κ1) is 14.6. The van der Waals surface area contributed by atoms with Gasteiger partial charge in [0.25, 0.3) is 5.91 Å². The molecule has 0 fully saturated rings. The molecule has 0 bridgehead atoms. The topological polar surface area (TPSA) is 98.3 Å². The van der Waals surface area contributed by atoms with E-state index < -0.39 is 33.7 Å². The number of halogens is 2. The van der Waals surface area contributed by atoms with Gasteiger partial charge in [-0.15, -0.1) is 0 Å². The van der Waals surface area contributed by atoms with Crippen molar-refractivity contribution in [2.45, 2.75) is 13.8 Å². The summed E-state index contributed by atoms with van der Waals surface area (Å²) in [5.41, 5.74) is -0.897. The maximum atomic E-state index is 13.8. The lowest BCUT2D eigenvalue weighted by molar-refractivity contribution is -0.387. The number of nitrogens with zero attached hydrogens (tertiary/aromatic N) is 2. The number of rotatable bonds is 3. The molecule has 0 atom stereocenters. The van der Waals surface area contributed by atoms with Gasteiger partial charge in [0, 0.05) is 5.56 Å². The molecule has 2 rings (SSSR count). The molecule has 1 aromatic carbocycles. The molecule has 1 N–H and O–H groups in total. The van der Waals surface area contributed by atoms with E-state index >= 15 is 0 Å². The predicted octanol–water partition coefficient (Wildman–Crippen LogP) is 2.73. The fourth-order valence-electron chi connectivity index (χ4n) is 1.58. The Morgan fingerprint density at radius 2 is 2.05 bits per heavy atom. The molecule has 1 heterocycles. The van der Waals surface area contributed by atoms with Crippen molar-refractivity contribution < 1.29 is 23.0 Å². The van der Waals surface area contributed by atoms with Crippen molar-refractivity contribution in [3.8, 4) is 0 Å². The Morgan fingerprint density at radius 1 is 1.38 bits per heavy atom. The molecule has 1 aromatic heterocycles. The van der Waals surface area contributed by atoms with Gasteiger partial charge in [-0.1, -0.05) is 5.16 Å². The highest BCUT2D eigenvalue weighted by Crippen LogP contribution is 2.24. The molecule has 9 heteroatoms. The lowest BCUT2D eigenvalue weighted by Crippen LogP contribution is -2.15. The van der Waals surface area contributed by atoms with Gasteiger partial charge in [0.1, 0.15) is 5.82 Å². The molecular formula is C12H9F2N3O4. The molecular weight excluding hydrogens is 288 g/mol. The van der Waals surface area contributed by atoms with Crippen LogP contribution in [0.3, 0.4) is 0 Å². The largest absolute Gasteiger partial charge is 0.338 e. The zero-order chi connectivity index (χ0) is 15.7. The van der Waals surface area contributed by atoms with Gasteiger partial charge >= 0.3 is 5.69 Å². The van der Waals surface area contributed by atoms with Crippen LogP contribution in [0, 0.1) is 35.6 Å². The number of nitrogens with one attached hydrogen (secondary N) is 1. The molecule has 0 unspecified atom stereocenters. The number of anilines is 1. The number of carbonyl (C=O) groups excluding carboxylic acids is 1. The summed E-state index contributed by atoms with van der Waals surface area (Å²) in [5.74, 6) is -3.63. The Labute approximate surface area is 116 Å². The van der Waals surface area contributed by atoms with Crippen molar-refractivity contribution in [3.63, 3.8) is 0 Å². The van der Waals surface area contributed by atoms with Crippen LogP contribution in [0.1, 0.15) is 21.6 Å². The molecule has 21 heavy (non-hydrogen) atoms. The summed E-state index contributed by atoms with van der Waals surface area (Å²) < 4.78 is 31.9. The van der Waals surface area contributed by atoms with Gasteiger partial charge in [0.05, 0.1) is 22.2 Å². The van der Waals surface area contributed by atoms with Crippen molar-refractivity contribution in [1.82, 2.24) is 5.16 Å². The van der Waals surface area contributed by atoms with Crippen molar-refractivity contribution in [1.29, 1.82) is 0 Å². The van der Waals surface area contributed by atoms with E-state index in [0.29, 0.717) is 23.4 Å². The molecule has 1 amide bonds. The maximum Gasteiger partial charge on any atom is 0.308 e. The summed E-state index contributed by atoms with van der Waals surface area (Å²) in [6.07, 6.45) is 0. The molecule has 2 aromatic rings. The molecule has 0 aliphatic rings. The lowest BCUT2D eigenvalue weighted by Gasteiger charge is -2.04. The van der Waals surface area contributed by atoms with Crippen molar-refractivity contribution in [2.24, 2.45) is 0 Å². The van der Waals surface area contributed by atoms with E-state index in [0.717, 1.165) is 0 Å². The average Bonchev–Trinajstić information content (AvgIpc) is 2.72. The van der Waals surface area contributed by atoms with Gasteiger partial charge in [-0.25, -0.2) is 4.39 Å². The number of amides is 1. The number of aromatic nitrogens is 1. The molecule has 0 aliphatic heterocycles. The normalized spacial score (nSPS) is 10.5. The molecule has 0 aliphatic carbocycles. The van der Waals surface area contributed by atoms with Crippen molar-refractivity contribution in [3.05, 3.63) is 50.7 Å². The molecule has 110 valence electrons. The highest BCUT2D eigenvalue weighted by molar-refractivity contribution is 6.04. The minimum atomic E-state index is -1.42. The summed E-state index contributed by atoms with van der Waals surface area (Å²) in [4.78, 5) is 21.4. The van der Waals surface area contributed by atoms with E-state index in [2.05, 4.69) is 10.5 Å². The number of carbonyl (C=O) groups is 1. The Kier molecular flexibility index (Phi) is 3.66. The van der Waals surface area contributed by atoms with Gasteiger partial charge in [-0.05, 0) is 19.9 Å². The van der Waals surface area contributed by atoms with Gasteiger partial charge in [0.2, 0.25) is 11.7 Å². The summed E-state index contributed by atoms with van der Waals surface area (Å²) in [6.45, 7) is 3.23. The summed E-state index contributed by atoms with van der Waals surface area (Å²) in [5, 5.41) is 16.4. The molecule has 0 saturated carbocycles. The Morgan fingerprint density at radius 3 is 2.57 bits per heavy atom. The predicted molar refractivity (Wildman–Crippen MR) is 66.9 cm³/mol. The van der Waals surface area contributed by atoms with Crippen LogP contribution in [-0.4, -0.2) is 16.0 Å². The Balaban J connectivity index is 2.40. The number of nitro groups is 1. The van der Waals surface area contributed by atoms with Crippen LogP contribution in [-0.2, 0) is 0 Å². The third-order valence-corrected chi connectivity index (χ3v) is 2.84. The number of hydrogen-bond acceptors (Lipinski definition) is 5. The SMILES string of the molecule is Cc1noc(NC(=O)c2cc(F)cc([N+](=O)[O-])c2F)c1C. The number of nitro benzene ring substituents is 1. The molecule has 0 saturated heterocycles. The fraction of sp³-hybridized carbons (Fsp3) is 0.167. The van der Waals surface area contributed by atoms with E-state index in [9.17, 15) is 23.7 Å². The highest BCUT2D eigenvalue weighted by Gasteiger charge is 2.25. The first-order valence-corrected chi connectivity index (χ1v) is 5.69. The second-order valence-corrected chi connectivity index (χ2v) is 4.22. The average molecular weight is 297 g/mol. The van der Waals surface area contributed by atoms with Gasteiger partial charge < -0.3 is 4.52 Å². The van der Waals surface area contributed by atoms with E-state index in [-0.39, 0.29) is 5.88 Å². The number of aryl methyl sites for hydroxylation is 1. The first-order valence-electron chi connectivity index (χ1n) is 5.69. The molecule has 0 spiro atoms. The third-order valence-electron chi connectivity index (χ3n) is 2.84. The monoisotopic (exact) mass is 297 g/mol. The number of benzene rings is 1. The number of hydrogen-bond donors (Lipinski definition) is 1. The van der Waals surface area contributed by atoms with Gasteiger partial charge in [0.15, 0.2) is 0 Å². The quantitative estimate of drug-likeness (QED) is 0.693. The lowest BCUT2D eigenvalue weighted by atomic mass is 10.1. The maximum absolute atomic E-state index is 13.8. The van der Waals surface area contributed by atoms with Gasteiger partial charge in [-0.3, -0.25) is 20.2 Å². The summed E-state index contributed by atoms with van der Waals surface area (Å²) >= 11 is 0. The zero-order valence-corrected chi connectivity index (χ0v) is 10.9. The van der Waals surface area contributed by atoms with E-state index in [1.54, 1.807) is 13.8 Å². The zero-order valence-electron chi connectivity index (χ0n) is 10.9. The van der Waals surface area contributed by atoms with Gasteiger partial charge in [-0.2, -0.15) is 4.39 Å². The smallest absolute Gasteiger partial charge is 0.308 e. The van der Waals surface area contributed by atoms with Crippen molar-refractivity contribution in [2.75, 3.05) is 5.32 Å². The van der Waals surface area contributed by atoms with E-state index in [1.807, 2.05) is 0 Å². The van der Waals surface area contributed by atoms with Crippen LogP contribution in [0.25, 0.3) is 0 Å². The Hall–Kier alpha value is -2.84. The van der Waals surface area contributed by atoms with Crippen molar-refractivity contribution >= 4 is 17.5 Å². The van der Waals surface area contributed by atoms with E-state index in [4.69, 9.17) is 4.52 Å². The van der Waals surface area contributed by atoms with Crippen LogP contribution in [0.15, 0.2) is 16.7 Å². The summed E-state index contributed by atoms with van der Waals surface area (Å²) in [6, 6.07) is 0.964. The van der Waals surface area contributed by atoms with E-state index in [1.165, 1.54) is 0 Å². The minimum Gasteiger partial charge on any atom is -0.338 e. The summed E-state index contributed by atoms with van der Waals surface area (Å²) in [7, 11) is 0. The van der Waals surface area contributed by atoms with Crippen LogP contribution in [0.5, 0.6) is 0 Å². The third kappa shape index (κ3) is 2.71. The second kappa shape index (κ2) is 5.27. The highest BCUT2D eigenvalue weighted by atomic mass is 19.1. The minimum absolute atomic E-state index is 0.0381.